The van der Waals surface area contributed by atoms with E-state index >= 15 is 0 Å². The van der Waals surface area contributed by atoms with E-state index in [4.69, 9.17) is 0 Å². The Morgan fingerprint density at radius 1 is 1.00 bits per heavy atom. The molecule has 2 aromatic carbocycles. The zero-order valence-electron chi connectivity index (χ0n) is 7.92. The Morgan fingerprint density at radius 3 is 2.40 bits per heavy atom. The number of para-hydroxylation sites is 1. The van der Waals surface area contributed by atoms with Crippen LogP contribution < -0.4 is 5.32 Å². The van der Waals surface area contributed by atoms with Gasteiger partial charge in [-0.2, -0.15) is 42.5 Å². The van der Waals surface area contributed by atoms with Gasteiger partial charge in [-0.05, 0) is 0 Å². The van der Waals surface area contributed by atoms with Gasteiger partial charge < -0.3 is 5.32 Å². The molecule has 0 spiro atoms. The second kappa shape index (κ2) is 6.38. The van der Waals surface area contributed by atoms with Crippen molar-refractivity contribution in [3.8, 4) is 0 Å². The monoisotopic (exact) mass is 483 g/mol. The van der Waals surface area contributed by atoms with E-state index in [0.29, 0.717) is 0 Å². The van der Waals surface area contributed by atoms with E-state index in [-0.39, 0.29) is 31.1 Å². The van der Waals surface area contributed by atoms with Gasteiger partial charge in [0, 0.05) is 0 Å². The molecule has 1 N–H and O–H groups in total. The molecule has 0 unspecified atom stereocenters. The molecule has 0 saturated heterocycles. The summed E-state index contributed by atoms with van der Waals surface area (Å²) in [5.41, 5.74) is 1.89. The maximum Gasteiger partial charge on any atom is 2.00 e. The Morgan fingerprint density at radius 2 is 1.80 bits per heavy atom. The van der Waals surface area contributed by atoms with E-state index in [9.17, 15) is 0 Å². The van der Waals surface area contributed by atoms with Gasteiger partial charge in [0.25, 0.3) is 0 Å². The van der Waals surface area contributed by atoms with Crippen LogP contribution in [0.5, 0.6) is 0 Å². The van der Waals surface area contributed by atoms with Crippen molar-refractivity contribution in [3.63, 3.8) is 0 Å². The van der Waals surface area contributed by atoms with E-state index in [1.165, 1.54) is 0 Å². The summed E-state index contributed by atoms with van der Waals surface area (Å²) in [6.45, 7) is 0. The molecule has 72 valence electrons. The van der Waals surface area contributed by atoms with Gasteiger partial charge in [-0.15, -0.1) is 28.1 Å². The van der Waals surface area contributed by atoms with Crippen LogP contribution in [0.1, 0.15) is 0 Å². The van der Waals surface area contributed by atoms with Gasteiger partial charge in [-0.25, -0.2) is 0 Å². The number of anilines is 2. The van der Waals surface area contributed by atoms with E-state index in [2.05, 4.69) is 33.4 Å². The van der Waals surface area contributed by atoms with E-state index < -0.39 is 0 Å². The molecule has 15 heavy (non-hydrogen) atoms. The molecule has 0 aromatic heterocycles. The van der Waals surface area contributed by atoms with Crippen molar-refractivity contribution in [1.82, 2.24) is 0 Å². The van der Waals surface area contributed by atoms with Gasteiger partial charge >= 0.3 is 31.1 Å². The summed E-state index contributed by atoms with van der Waals surface area (Å²) in [5, 5.41) is 3.20. The Kier molecular flexibility index (Phi) is 5.46. The quantitative estimate of drug-likeness (QED) is 0.641. The fourth-order valence-corrected chi connectivity index (χ4v) is 1.35. The van der Waals surface area contributed by atoms with Gasteiger partial charge in [0.1, 0.15) is 0 Å². The van der Waals surface area contributed by atoms with Crippen molar-refractivity contribution in [1.29, 1.82) is 0 Å². The Labute approximate surface area is 122 Å². The number of hydrogen-bond acceptors (Lipinski definition) is 1. The van der Waals surface area contributed by atoms with Gasteiger partial charge in [0.05, 0.1) is 0 Å². The maximum atomic E-state index is 3.36. The summed E-state index contributed by atoms with van der Waals surface area (Å²) in [4.78, 5) is 0. The predicted octanol–water partition coefficient (Wildman–Crippen LogP) is 3.79. The average molecular weight is 484 g/mol. The van der Waals surface area contributed by atoms with Crippen LogP contribution in [0.2, 0.25) is 0 Å². The van der Waals surface area contributed by atoms with Gasteiger partial charge in [0.15, 0.2) is 0 Å². The molecular weight excluding hydrogens is 476 g/mol. The van der Waals surface area contributed by atoms with E-state index in [0.717, 1.165) is 15.8 Å². The van der Waals surface area contributed by atoms with E-state index in [1.807, 2.05) is 42.5 Å². The first-order chi connectivity index (χ1) is 6.84. The molecule has 0 heterocycles. The van der Waals surface area contributed by atoms with Crippen molar-refractivity contribution in [2.24, 2.45) is 0 Å². The third kappa shape index (κ3) is 4.03. The summed E-state index contributed by atoms with van der Waals surface area (Å²) < 4.78 is 1.03. The van der Waals surface area contributed by atoms with Crippen LogP contribution >= 0.6 is 15.9 Å². The number of rotatable bonds is 2. The first-order valence-corrected chi connectivity index (χ1v) is 5.05. The first kappa shape index (κ1) is 12.8. The van der Waals surface area contributed by atoms with Crippen molar-refractivity contribution in [3.05, 3.63) is 59.1 Å². The number of halogens is 1. The van der Waals surface area contributed by atoms with Crippen molar-refractivity contribution in [2.75, 3.05) is 5.32 Å². The third-order valence-electron chi connectivity index (χ3n) is 1.75. The van der Waals surface area contributed by atoms with Crippen LogP contribution in [0, 0.1) is 43.2 Å². The summed E-state index contributed by atoms with van der Waals surface area (Å²) in [6.07, 6.45) is 0. The number of hydrogen-bond donors (Lipinski definition) is 1. The van der Waals surface area contributed by atoms with Crippen LogP contribution in [0.15, 0.2) is 46.9 Å². The third-order valence-corrected chi connectivity index (χ3v) is 2.25. The van der Waals surface area contributed by atoms with Crippen molar-refractivity contribution < 1.29 is 31.1 Å². The van der Waals surface area contributed by atoms with Gasteiger partial charge in [-0.1, -0.05) is 15.8 Å². The normalized spacial score (nSPS) is 9.13. The standard InChI is InChI=1S/C12H8BrN.U/c13-10-6-8-12(9-7-10)14-11-4-2-1-3-5-11;/h1-4,6-8,14H;/q-2;+2. The van der Waals surface area contributed by atoms with Crippen LogP contribution in [-0.2, 0) is 0 Å². The Balaban J connectivity index is 0.00000112. The second-order valence-corrected chi connectivity index (χ2v) is 3.74. The van der Waals surface area contributed by atoms with Crippen LogP contribution in [0.25, 0.3) is 0 Å². The van der Waals surface area contributed by atoms with Crippen LogP contribution in [0.3, 0.4) is 0 Å². The molecular formula is C12H8BrNU. The minimum Gasteiger partial charge on any atom is -0.401 e. The second-order valence-electron chi connectivity index (χ2n) is 2.82. The summed E-state index contributed by atoms with van der Waals surface area (Å²) in [5.74, 6) is 0. The molecule has 0 aliphatic carbocycles. The largest absolute Gasteiger partial charge is 2.00 e. The molecule has 2 rings (SSSR count). The molecule has 2 aromatic rings. The molecule has 0 bridgehead atoms. The Hall–Kier alpha value is -0.228. The fraction of sp³-hybridized carbons (Fsp3) is 0. The molecule has 0 radical (unpaired) electrons. The molecule has 0 atom stereocenters. The van der Waals surface area contributed by atoms with Crippen molar-refractivity contribution in [2.45, 2.75) is 0 Å². The summed E-state index contributed by atoms with van der Waals surface area (Å²) in [6, 6.07) is 19.8. The molecule has 0 saturated carbocycles. The smallest absolute Gasteiger partial charge is 0.401 e. The van der Waals surface area contributed by atoms with Crippen LogP contribution in [-0.4, -0.2) is 0 Å². The minimum atomic E-state index is 0. The summed E-state index contributed by atoms with van der Waals surface area (Å²) >= 11 is 3.36. The van der Waals surface area contributed by atoms with E-state index in [1.54, 1.807) is 0 Å². The zero-order valence-corrected chi connectivity index (χ0v) is 13.7. The summed E-state index contributed by atoms with van der Waals surface area (Å²) in [7, 11) is 0. The molecule has 0 fully saturated rings. The van der Waals surface area contributed by atoms with Gasteiger partial charge in [0.2, 0.25) is 0 Å². The topological polar surface area (TPSA) is 12.0 Å². The number of nitrogens with one attached hydrogen (secondary N) is 1. The molecule has 1 nitrogen and oxygen atoms in total. The Bertz CT molecular complexity index is 400. The van der Waals surface area contributed by atoms with Crippen molar-refractivity contribution >= 4 is 27.3 Å². The van der Waals surface area contributed by atoms with Gasteiger partial charge in [-0.3, -0.25) is 0 Å². The SMILES string of the molecule is Brc1c[c-]c(Nc2[c-]cccc2)cc1.[U+2]. The maximum absolute atomic E-state index is 3.36. The average Bonchev–Trinajstić information content (AvgIpc) is 2.23. The molecule has 0 amide bonds. The number of benzene rings is 2. The molecule has 3 heteroatoms. The van der Waals surface area contributed by atoms with Crippen LogP contribution in [0.4, 0.5) is 11.4 Å². The first-order valence-electron chi connectivity index (χ1n) is 4.25. The molecule has 0 aliphatic heterocycles. The minimum absolute atomic E-state index is 0. The fourth-order valence-electron chi connectivity index (χ4n) is 1.10. The molecule has 0 aliphatic rings. The predicted molar refractivity (Wildman–Crippen MR) is 61.5 cm³/mol. The zero-order chi connectivity index (χ0) is 9.80.